The van der Waals surface area contributed by atoms with Crippen LogP contribution < -0.4 is 15.6 Å². The summed E-state index contributed by atoms with van der Waals surface area (Å²) in [6.07, 6.45) is 3.34. The number of nitrogens with zero attached hydrogens (tertiary/aromatic N) is 3. The third kappa shape index (κ3) is 6.24. The zero-order chi connectivity index (χ0) is 24.8. The lowest BCUT2D eigenvalue weighted by molar-refractivity contribution is -0.384. The Labute approximate surface area is 207 Å². The molecule has 0 aromatic heterocycles. The molecule has 1 aliphatic heterocycles. The minimum absolute atomic E-state index is 0.00987. The molecule has 180 valence electrons. The lowest BCUT2D eigenvalue weighted by atomic mass is 10.0. The standard InChI is InChI=1S/C23H25Cl2N5O4/c1-14(2)21(27-22(31)17-7-6-16(24)12-18(17)25)23(32)28-26-13-15-5-8-19(20(11-15)30(33)34)29-9-3-4-10-29/h5-8,11-14,21H,3-4,9-10H2,1-2H3,(H,27,31)(H,28,32)/b26-13-. The van der Waals surface area contributed by atoms with Crippen molar-refractivity contribution >= 4 is 52.6 Å². The molecule has 3 rings (SSSR count). The molecule has 0 aliphatic carbocycles. The van der Waals surface area contributed by atoms with E-state index >= 15 is 0 Å². The van der Waals surface area contributed by atoms with Gasteiger partial charge in [0.2, 0.25) is 0 Å². The Hall–Kier alpha value is -3.17. The van der Waals surface area contributed by atoms with Crippen molar-refractivity contribution in [1.82, 2.24) is 10.7 Å². The van der Waals surface area contributed by atoms with Gasteiger partial charge in [-0.2, -0.15) is 5.10 Å². The van der Waals surface area contributed by atoms with E-state index in [0.29, 0.717) is 16.3 Å². The van der Waals surface area contributed by atoms with Gasteiger partial charge in [-0.1, -0.05) is 43.1 Å². The fourth-order valence-corrected chi connectivity index (χ4v) is 4.15. The van der Waals surface area contributed by atoms with E-state index in [-0.39, 0.29) is 22.2 Å². The number of nitrogens with one attached hydrogen (secondary N) is 2. The van der Waals surface area contributed by atoms with Crippen LogP contribution in [0.3, 0.4) is 0 Å². The van der Waals surface area contributed by atoms with Gasteiger partial charge in [-0.15, -0.1) is 0 Å². The number of carbonyl (C=O) groups is 2. The third-order valence-electron chi connectivity index (χ3n) is 5.44. The Morgan fingerprint density at radius 1 is 1.15 bits per heavy atom. The number of benzene rings is 2. The van der Waals surface area contributed by atoms with E-state index in [1.807, 2.05) is 4.90 Å². The van der Waals surface area contributed by atoms with Gasteiger partial charge in [0.1, 0.15) is 11.7 Å². The van der Waals surface area contributed by atoms with E-state index in [1.54, 1.807) is 26.0 Å². The molecule has 1 aliphatic rings. The second kappa shape index (κ2) is 11.3. The zero-order valence-corrected chi connectivity index (χ0v) is 20.3. The van der Waals surface area contributed by atoms with Gasteiger partial charge in [0.15, 0.2) is 0 Å². The molecule has 2 aromatic carbocycles. The van der Waals surface area contributed by atoms with Crippen LogP contribution in [0.2, 0.25) is 10.0 Å². The van der Waals surface area contributed by atoms with Crippen LogP contribution in [0.5, 0.6) is 0 Å². The Kier molecular flexibility index (Phi) is 8.46. The predicted octanol–water partition coefficient (Wildman–Crippen LogP) is 4.41. The number of halogens is 2. The minimum Gasteiger partial charge on any atom is -0.366 e. The van der Waals surface area contributed by atoms with Crippen molar-refractivity contribution in [1.29, 1.82) is 0 Å². The van der Waals surface area contributed by atoms with Gasteiger partial charge in [0.05, 0.1) is 21.7 Å². The van der Waals surface area contributed by atoms with Crippen LogP contribution in [-0.2, 0) is 4.79 Å². The van der Waals surface area contributed by atoms with Gasteiger partial charge in [0.25, 0.3) is 17.5 Å². The molecule has 1 fully saturated rings. The molecular weight excluding hydrogens is 481 g/mol. The van der Waals surface area contributed by atoms with E-state index < -0.39 is 22.8 Å². The maximum Gasteiger partial charge on any atom is 0.293 e. The number of hydrogen-bond acceptors (Lipinski definition) is 6. The molecule has 0 bridgehead atoms. The van der Waals surface area contributed by atoms with E-state index in [9.17, 15) is 19.7 Å². The van der Waals surface area contributed by atoms with E-state index in [1.165, 1.54) is 30.5 Å². The summed E-state index contributed by atoms with van der Waals surface area (Å²) in [4.78, 5) is 38.4. The number of nitro benzene ring substituents is 1. The number of hydrazone groups is 1. The van der Waals surface area contributed by atoms with Crippen molar-refractivity contribution in [2.45, 2.75) is 32.7 Å². The summed E-state index contributed by atoms with van der Waals surface area (Å²) >= 11 is 12.0. The number of hydrogen-bond donors (Lipinski definition) is 2. The van der Waals surface area contributed by atoms with Gasteiger partial charge in [-0.3, -0.25) is 19.7 Å². The molecule has 2 N–H and O–H groups in total. The lowest BCUT2D eigenvalue weighted by Gasteiger charge is -2.20. The monoisotopic (exact) mass is 505 g/mol. The fraction of sp³-hybridized carbons (Fsp3) is 0.348. The number of anilines is 1. The first-order valence-electron chi connectivity index (χ1n) is 10.8. The highest BCUT2D eigenvalue weighted by Gasteiger charge is 2.26. The predicted molar refractivity (Wildman–Crippen MR) is 133 cm³/mol. The number of nitro groups is 1. The molecule has 1 heterocycles. The SMILES string of the molecule is CC(C)C(NC(=O)c1ccc(Cl)cc1Cl)C(=O)N/N=C\c1ccc(N2CCCC2)c([N+](=O)[O-])c1. The first kappa shape index (κ1) is 25.5. The molecule has 9 nitrogen and oxygen atoms in total. The molecular formula is C23H25Cl2N5O4. The van der Waals surface area contributed by atoms with Crippen LogP contribution in [-0.4, -0.2) is 42.1 Å². The summed E-state index contributed by atoms with van der Waals surface area (Å²) in [5.41, 5.74) is 3.62. The molecule has 2 aromatic rings. The van der Waals surface area contributed by atoms with Crippen molar-refractivity contribution in [2.24, 2.45) is 11.0 Å². The number of rotatable bonds is 8. The Balaban J connectivity index is 1.68. The molecule has 1 saturated heterocycles. The first-order valence-corrected chi connectivity index (χ1v) is 11.5. The molecule has 1 unspecified atom stereocenters. The number of amides is 2. The van der Waals surface area contributed by atoms with Gasteiger partial charge in [-0.05, 0) is 43.0 Å². The Morgan fingerprint density at radius 3 is 2.47 bits per heavy atom. The van der Waals surface area contributed by atoms with Crippen molar-refractivity contribution < 1.29 is 14.5 Å². The Bertz CT molecular complexity index is 1120. The normalized spacial score (nSPS) is 14.4. The van der Waals surface area contributed by atoms with Crippen LogP contribution in [0.15, 0.2) is 41.5 Å². The summed E-state index contributed by atoms with van der Waals surface area (Å²) in [6, 6.07) is 8.40. The van der Waals surface area contributed by atoms with Gasteiger partial charge in [-0.25, -0.2) is 5.43 Å². The van der Waals surface area contributed by atoms with Crippen molar-refractivity contribution in [2.75, 3.05) is 18.0 Å². The molecule has 0 radical (unpaired) electrons. The summed E-state index contributed by atoms with van der Waals surface area (Å²) in [5.74, 6) is -1.30. The fourth-order valence-electron chi connectivity index (χ4n) is 3.66. The molecule has 34 heavy (non-hydrogen) atoms. The lowest BCUT2D eigenvalue weighted by Crippen LogP contribution is -2.48. The first-order chi connectivity index (χ1) is 16.2. The quantitative estimate of drug-likeness (QED) is 0.313. The molecule has 2 amide bonds. The minimum atomic E-state index is -0.886. The van der Waals surface area contributed by atoms with Crippen molar-refractivity contribution in [3.8, 4) is 0 Å². The van der Waals surface area contributed by atoms with Crippen molar-refractivity contribution in [3.05, 3.63) is 67.7 Å². The maximum absolute atomic E-state index is 12.7. The van der Waals surface area contributed by atoms with E-state index in [4.69, 9.17) is 23.2 Å². The van der Waals surface area contributed by atoms with Crippen LogP contribution in [0.1, 0.15) is 42.6 Å². The van der Waals surface area contributed by atoms with Crippen LogP contribution in [0.25, 0.3) is 0 Å². The highest BCUT2D eigenvalue weighted by atomic mass is 35.5. The van der Waals surface area contributed by atoms with Crippen LogP contribution in [0.4, 0.5) is 11.4 Å². The largest absolute Gasteiger partial charge is 0.366 e. The average Bonchev–Trinajstić information content (AvgIpc) is 3.31. The van der Waals surface area contributed by atoms with Crippen LogP contribution >= 0.6 is 23.2 Å². The third-order valence-corrected chi connectivity index (χ3v) is 5.99. The molecule has 1 atom stereocenters. The molecule has 11 heteroatoms. The van der Waals surface area contributed by atoms with Gasteiger partial charge in [0, 0.05) is 29.7 Å². The highest BCUT2D eigenvalue weighted by molar-refractivity contribution is 6.36. The summed E-state index contributed by atoms with van der Waals surface area (Å²) in [7, 11) is 0. The number of carbonyl (C=O) groups excluding carboxylic acids is 2. The summed E-state index contributed by atoms with van der Waals surface area (Å²) in [5, 5.41) is 18.7. The van der Waals surface area contributed by atoms with Crippen LogP contribution in [0, 0.1) is 16.0 Å². The molecule has 0 saturated carbocycles. The highest BCUT2D eigenvalue weighted by Crippen LogP contribution is 2.31. The average molecular weight is 506 g/mol. The maximum atomic E-state index is 12.7. The second-order valence-corrected chi connectivity index (χ2v) is 9.10. The summed E-state index contributed by atoms with van der Waals surface area (Å²) in [6.45, 7) is 5.12. The van der Waals surface area contributed by atoms with Gasteiger partial charge < -0.3 is 10.2 Å². The van der Waals surface area contributed by atoms with E-state index in [2.05, 4.69) is 15.8 Å². The second-order valence-electron chi connectivity index (χ2n) is 8.25. The smallest absolute Gasteiger partial charge is 0.293 e. The molecule has 0 spiro atoms. The topological polar surface area (TPSA) is 117 Å². The van der Waals surface area contributed by atoms with Crippen molar-refractivity contribution in [3.63, 3.8) is 0 Å². The Morgan fingerprint density at radius 2 is 1.85 bits per heavy atom. The summed E-state index contributed by atoms with van der Waals surface area (Å²) < 4.78 is 0. The van der Waals surface area contributed by atoms with E-state index in [0.717, 1.165) is 25.9 Å². The van der Waals surface area contributed by atoms with Gasteiger partial charge >= 0.3 is 0 Å². The zero-order valence-electron chi connectivity index (χ0n) is 18.8.